The summed E-state index contributed by atoms with van der Waals surface area (Å²) in [4.78, 5) is 77.2. The molecule has 17 heteroatoms. The van der Waals surface area contributed by atoms with Crippen LogP contribution in [0.15, 0.2) is 0 Å². The third-order valence-corrected chi connectivity index (χ3v) is 13.7. The average molecular weight is 1020 g/mol. The number of rotatable bonds is 51. The molecule has 16 nitrogen and oxygen atoms in total. The Labute approximate surface area is 427 Å². The molecule has 0 spiro atoms. The van der Waals surface area contributed by atoms with E-state index in [-0.39, 0.29) is 49.3 Å². The Hall–Kier alpha value is -2.99. The SMILES string of the molecule is CCCCCCCCCCCCCCCC(=O)OC[C@H](CSC[C@@H](N)C(=O)N[C@@H](COC(=O)[C@@H](N)CCCCN)C(=O)N[C@H](CCCCN)C(=O)O)OC(=O)CCCCCCCCCCCCCCC. The molecule has 0 saturated carbocycles. The van der Waals surface area contributed by atoms with E-state index in [1.165, 1.54) is 127 Å². The third-order valence-electron chi connectivity index (χ3n) is 12.5. The summed E-state index contributed by atoms with van der Waals surface area (Å²) in [6.07, 6.45) is 33.5. The minimum atomic E-state index is -1.48. The van der Waals surface area contributed by atoms with E-state index >= 15 is 0 Å². The summed E-state index contributed by atoms with van der Waals surface area (Å²) in [7, 11) is 0. The van der Waals surface area contributed by atoms with Crippen LogP contribution in [-0.4, -0.2) is 109 Å². The van der Waals surface area contributed by atoms with Gasteiger partial charge in [0, 0.05) is 24.3 Å². The molecule has 2 amide bonds. The molecule has 0 aromatic carbocycles. The highest BCUT2D eigenvalue weighted by molar-refractivity contribution is 7.99. The molecule has 0 bridgehead atoms. The van der Waals surface area contributed by atoms with Gasteiger partial charge < -0.3 is 52.9 Å². The minimum Gasteiger partial charge on any atom is -0.480 e. The smallest absolute Gasteiger partial charge is 0.326 e. The number of nitrogens with two attached hydrogens (primary N) is 4. The summed E-state index contributed by atoms with van der Waals surface area (Å²) in [5, 5.41) is 14.7. The van der Waals surface area contributed by atoms with Gasteiger partial charge in [0.15, 0.2) is 0 Å². The number of thioether (sulfide) groups is 1. The quantitative estimate of drug-likeness (QED) is 0.0171. The molecule has 0 radical (unpaired) electrons. The number of carboxylic acids is 1. The number of nitrogens with one attached hydrogen (secondary N) is 2. The van der Waals surface area contributed by atoms with E-state index in [9.17, 15) is 33.9 Å². The standard InChI is InChI=1S/C53H102N6O10S/c1-3-5-7-9-11-13-15-17-19-21-23-25-27-35-48(60)67-39-43(69-49(61)36-28-26-24-22-20-18-16-14-12-10-8-6-4-2)41-70-42-45(57)50(62)59-47(40-68-53(66)44(56)33-29-31-37-54)51(63)58-46(52(64)65)34-30-32-38-55/h43-47H,3-42,54-57H2,1-2H3,(H,58,63)(H,59,62)(H,64,65)/t43-,44+,45-,46-,47+/m1/s1. The molecule has 0 unspecified atom stereocenters. The summed E-state index contributed by atoms with van der Waals surface area (Å²) in [6, 6.07) is -4.91. The largest absolute Gasteiger partial charge is 0.480 e. The van der Waals surface area contributed by atoms with Crippen LogP contribution in [0.25, 0.3) is 0 Å². The Morgan fingerprint density at radius 3 is 1.36 bits per heavy atom. The second kappa shape index (κ2) is 48.3. The first-order valence-electron chi connectivity index (χ1n) is 27.7. The number of carbonyl (C=O) groups is 6. The predicted molar refractivity (Wildman–Crippen MR) is 283 cm³/mol. The van der Waals surface area contributed by atoms with Gasteiger partial charge in [-0.1, -0.05) is 174 Å². The van der Waals surface area contributed by atoms with E-state index in [0.29, 0.717) is 51.6 Å². The predicted octanol–water partition coefficient (Wildman–Crippen LogP) is 8.65. The van der Waals surface area contributed by atoms with E-state index in [4.69, 9.17) is 37.1 Å². The van der Waals surface area contributed by atoms with Gasteiger partial charge in [-0.25, -0.2) is 4.79 Å². The van der Waals surface area contributed by atoms with Crippen molar-refractivity contribution < 1.29 is 48.1 Å². The number of hydrogen-bond donors (Lipinski definition) is 7. The van der Waals surface area contributed by atoms with Crippen LogP contribution in [0.3, 0.4) is 0 Å². The first-order chi connectivity index (χ1) is 33.9. The lowest BCUT2D eigenvalue weighted by Gasteiger charge is -2.23. The Balaban J connectivity index is 5.32. The molecule has 5 atom stereocenters. The molecule has 11 N–H and O–H groups in total. The molecule has 0 rings (SSSR count). The number of unbranched alkanes of at least 4 members (excludes halogenated alkanes) is 26. The zero-order valence-electron chi connectivity index (χ0n) is 44.0. The number of hydrogen-bond acceptors (Lipinski definition) is 14. The van der Waals surface area contributed by atoms with E-state index in [0.717, 1.165) is 44.9 Å². The average Bonchev–Trinajstić information content (AvgIpc) is 3.34. The molecule has 0 aromatic rings. The lowest BCUT2D eigenvalue weighted by Crippen LogP contribution is -2.57. The van der Waals surface area contributed by atoms with Gasteiger partial charge in [0.25, 0.3) is 0 Å². The zero-order chi connectivity index (χ0) is 51.9. The fraction of sp³-hybridized carbons (Fsp3) is 0.887. The lowest BCUT2D eigenvalue weighted by molar-refractivity contribution is -0.157. The van der Waals surface area contributed by atoms with Gasteiger partial charge in [-0.05, 0) is 58.0 Å². The van der Waals surface area contributed by atoms with E-state index in [2.05, 4.69) is 24.5 Å². The second-order valence-electron chi connectivity index (χ2n) is 19.2. The van der Waals surface area contributed by atoms with Gasteiger partial charge in [-0.2, -0.15) is 11.8 Å². The molecule has 410 valence electrons. The first kappa shape index (κ1) is 67.0. The summed E-state index contributed by atoms with van der Waals surface area (Å²) in [6.45, 7) is 4.52. The highest BCUT2D eigenvalue weighted by Crippen LogP contribution is 2.17. The van der Waals surface area contributed by atoms with Crippen LogP contribution in [0, 0.1) is 0 Å². The molecule has 0 aliphatic carbocycles. The normalized spacial score (nSPS) is 13.5. The number of carboxylic acid groups (broad SMARTS) is 1. The molecule has 0 aliphatic rings. The number of aliphatic carboxylic acids is 1. The monoisotopic (exact) mass is 1010 g/mol. The van der Waals surface area contributed by atoms with Crippen LogP contribution >= 0.6 is 11.8 Å². The van der Waals surface area contributed by atoms with Crippen molar-refractivity contribution in [1.82, 2.24) is 10.6 Å². The van der Waals surface area contributed by atoms with Gasteiger partial charge >= 0.3 is 23.9 Å². The number of amides is 2. The fourth-order valence-electron chi connectivity index (χ4n) is 7.98. The Morgan fingerprint density at radius 2 is 0.900 bits per heavy atom. The van der Waals surface area contributed by atoms with Crippen molar-refractivity contribution in [3.8, 4) is 0 Å². The summed E-state index contributed by atoms with van der Waals surface area (Å²) >= 11 is 1.22. The van der Waals surface area contributed by atoms with Crippen molar-refractivity contribution >= 4 is 47.5 Å². The summed E-state index contributed by atoms with van der Waals surface area (Å²) in [5.41, 5.74) is 23.3. The van der Waals surface area contributed by atoms with Crippen molar-refractivity contribution in [2.45, 2.75) is 262 Å². The number of carbonyl (C=O) groups excluding carboxylic acids is 5. The Morgan fingerprint density at radius 1 is 0.471 bits per heavy atom. The van der Waals surface area contributed by atoms with E-state index in [1.54, 1.807) is 0 Å². The summed E-state index contributed by atoms with van der Waals surface area (Å²) in [5.74, 6) is -4.22. The highest BCUT2D eigenvalue weighted by atomic mass is 32.2. The van der Waals surface area contributed by atoms with Gasteiger partial charge in [0.05, 0.1) is 6.04 Å². The number of esters is 3. The maximum Gasteiger partial charge on any atom is 0.326 e. The van der Waals surface area contributed by atoms with Gasteiger partial charge in [-0.15, -0.1) is 0 Å². The van der Waals surface area contributed by atoms with Crippen molar-refractivity contribution in [2.24, 2.45) is 22.9 Å². The minimum absolute atomic E-state index is 0.0304. The Bertz CT molecular complexity index is 1330. The molecule has 0 heterocycles. The maximum atomic E-state index is 13.4. The van der Waals surface area contributed by atoms with Crippen LogP contribution in [-0.2, 0) is 43.0 Å². The number of ether oxygens (including phenoxy) is 3. The van der Waals surface area contributed by atoms with E-state index in [1.807, 2.05) is 0 Å². The molecule has 70 heavy (non-hydrogen) atoms. The van der Waals surface area contributed by atoms with Crippen LogP contribution in [0.5, 0.6) is 0 Å². The first-order valence-corrected chi connectivity index (χ1v) is 28.9. The molecule has 0 saturated heterocycles. The Kier molecular flexibility index (Phi) is 46.2. The van der Waals surface area contributed by atoms with E-state index < -0.39 is 60.6 Å². The van der Waals surface area contributed by atoms with Crippen molar-refractivity contribution in [1.29, 1.82) is 0 Å². The van der Waals surface area contributed by atoms with Crippen LogP contribution < -0.4 is 33.6 Å². The lowest BCUT2D eigenvalue weighted by atomic mass is 10.0. The molecular formula is C53H102N6O10S. The molecule has 0 aliphatic heterocycles. The van der Waals surface area contributed by atoms with Gasteiger partial charge in [0.1, 0.15) is 37.4 Å². The maximum absolute atomic E-state index is 13.4. The molecular weight excluding hydrogens is 913 g/mol. The highest BCUT2D eigenvalue weighted by Gasteiger charge is 2.30. The fourth-order valence-corrected chi connectivity index (χ4v) is 8.95. The summed E-state index contributed by atoms with van der Waals surface area (Å²) < 4.78 is 16.7. The van der Waals surface area contributed by atoms with Crippen LogP contribution in [0.2, 0.25) is 0 Å². The molecule has 0 fully saturated rings. The third kappa shape index (κ3) is 40.6. The van der Waals surface area contributed by atoms with Crippen molar-refractivity contribution in [3.63, 3.8) is 0 Å². The molecule has 0 aromatic heterocycles. The van der Waals surface area contributed by atoms with Gasteiger partial charge in [0.2, 0.25) is 11.8 Å². The zero-order valence-corrected chi connectivity index (χ0v) is 44.8. The van der Waals surface area contributed by atoms with Crippen molar-refractivity contribution in [3.05, 3.63) is 0 Å². The van der Waals surface area contributed by atoms with Crippen LogP contribution in [0.4, 0.5) is 0 Å². The van der Waals surface area contributed by atoms with Crippen LogP contribution in [0.1, 0.15) is 232 Å². The topological polar surface area (TPSA) is 278 Å². The van der Waals surface area contributed by atoms with Crippen molar-refractivity contribution in [2.75, 3.05) is 37.8 Å². The second-order valence-corrected chi connectivity index (χ2v) is 20.3. The van der Waals surface area contributed by atoms with Gasteiger partial charge in [-0.3, -0.25) is 24.0 Å².